The average Bonchev–Trinajstić information content (AvgIpc) is 3.26. The predicted molar refractivity (Wildman–Crippen MR) is 123 cm³/mol. The van der Waals surface area contributed by atoms with Crippen LogP contribution in [-0.2, 0) is 0 Å². The van der Waals surface area contributed by atoms with Crippen molar-refractivity contribution in [2.75, 3.05) is 11.6 Å². The molecule has 5 nitrogen and oxygen atoms in total. The van der Waals surface area contributed by atoms with E-state index >= 15 is 4.39 Å². The third kappa shape index (κ3) is 2.92. The van der Waals surface area contributed by atoms with E-state index in [-0.39, 0.29) is 5.82 Å². The lowest BCUT2D eigenvalue weighted by molar-refractivity contribution is 0.222. The number of nitrogens with zero attached hydrogens (tertiary/aromatic N) is 3. The first-order valence-electron chi connectivity index (χ1n) is 10.3. The van der Waals surface area contributed by atoms with Crippen molar-refractivity contribution < 1.29 is 9.13 Å². The van der Waals surface area contributed by atoms with Gasteiger partial charge in [0.15, 0.2) is 0 Å². The van der Waals surface area contributed by atoms with Gasteiger partial charge in [-0.15, -0.1) is 5.10 Å². The van der Waals surface area contributed by atoms with E-state index in [0.717, 1.165) is 28.1 Å². The first-order chi connectivity index (χ1) is 15.7. The lowest BCUT2D eigenvalue weighted by atomic mass is 9.84. The molecule has 0 aliphatic carbocycles. The van der Waals surface area contributed by atoms with Crippen LogP contribution < -0.4 is 10.1 Å². The van der Waals surface area contributed by atoms with Crippen LogP contribution in [-0.4, -0.2) is 21.0 Å². The molecule has 0 radical (unpaired) electrons. The fraction of sp³-hybridized carbons (Fsp3) is 0.120. The Labute approximate surface area is 189 Å². The minimum absolute atomic E-state index is 0.288. The molecule has 0 amide bonds. The van der Waals surface area contributed by atoms with E-state index in [1.807, 2.05) is 73.0 Å². The van der Waals surface area contributed by atoms with E-state index in [0.29, 0.717) is 16.7 Å². The summed E-state index contributed by atoms with van der Waals surface area (Å²) < 4.78 is 23.5. The number of halogens is 1. The molecule has 3 aromatic carbocycles. The molecule has 3 heterocycles. The highest BCUT2D eigenvalue weighted by atomic mass is 32.2. The van der Waals surface area contributed by atoms with Crippen LogP contribution in [0.15, 0.2) is 89.6 Å². The molecule has 2 atom stereocenters. The van der Waals surface area contributed by atoms with Crippen LogP contribution in [0.5, 0.6) is 5.75 Å². The second-order valence-electron chi connectivity index (χ2n) is 7.65. The number of hydrogen-bond acceptors (Lipinski definition) is 5. The van der Waals surface area contributed by atoms with Crippen molar-refractivity contribution in [1.29, 1.82) is 0 Å². The molecule has 0 saturated heterocycles. The highest BCUT2D eigenvalue weighted by molar-refractivity contribution is 7.98. The lowest BCUT2D eigenvalue weighted by Crippen LogP contribution is -2.32. The van der Waals surface area contributed by atoms with E-state index < -0.39 is 12.1 Å². The predicted octanol–water partition coefficient (Wildman–Crippen LogP) is 5.70. The zero-order valence-electron chi connectivity index (χ0n) is 17.2. The van der Waals surface area contributed by atoms with Crippen molar-refractivity contribution in [1.82, 2.24) is 14.8 Å². The topological polar surface area (TPSA) is 52.0 Å². The number of aromatic nitrogens is 3. The van der Waals surface area contributed by atoms with E-state index in [1.54, 1.807) is 10.7 Å². The fourth-order valence-corrected chi connectivity index (χ4v) is 4.79. The number of benzene rings is 3. The SMILES string of the molecule is CSc1nc2n(n1)[C@H](c1ccccc1F)C1=C(N2)c2ccccc2O[C@@H]1c1ccccc1. The number of fused-ring (bicyclic) bond motifs is 3. The fourth-order valence-electron chi connectivity index (χ4n) is 4.44. The van der Waals surface area contributed by atoms with E-state index in [1.165, 1.54) is 17.8 Å². The average molecular weight is 443 g/mol. The molecule has 1 N–H and O–H groups in total. The zero-order chi connectivity index (χ0) is 21.7. The summed E-state index contributed by atoms with van der Waals surface area (Å²) >= 11 is 1.45. The van der Waals surface area contributed by atoms with Gasteiger partial charge in [0.25, 0.3) is 0 Å². The molecule has 4 aromatic rings. The van der Waals surface area contributed by atoms with Crippen molar-refractivity contribution >= 4 is 23.4 Å². The van der Waals surface area contributed by atoms with Crippen molar-refractivity contribution in [3.05, 3.63) is 107 Å². The van der Waals surface area contributed by atoms with Crippen LogP contribution in [0, 0.1) is 5.82 Å². The molecule has 7 heteroatoms. The van der Waals surface area contributed by atoms with Crippen molar-refractivity contribution in [2.45, 2.75) is 17.3 Å². The van der Waals surface area contributed by atoms with Gasteiger partial charge in [0, 0.05) is 16.7 Å². The van der Waals surface area contributed by atoms with Gasteiger partial charge in [-0.05, 0) is 30.0 Å². The maximum absolute atomic E-state index is 15.2. The summed E-state index contributed by atoms with van der Waals surface area (Å²) in [7, 11) is 0. The molecule has 1 aromatic heterocycles. The summed E-state index contributed by atoms with van der Waals surface area (Å²) in [5.74, 6) is 1.08. The maximum Gasteiger partial charge on any atom is 0.227 e. The molecule has 2 aliphatic rings. The van der Waals surface area contributed by atoms with Crippen LogP contribution in [0.4, 0.5) is 10.3 Å². The second kappa shape index (κ2) is 7.53. The van der Waals surface area contributed by atoms with Gasteiger partial charge in [0.2, 0.25) is 11.1 Å². The Bertz CT molecular complexity index is 1350. The Hall–Kier alpha value is -3.58. The lowest BCUT2D eigenvalue weighted by Gasteiger charge is -2.38. The number of rotatable bonds is 3. The summed E-state index contributed by atoms with van der Waals surface area (Å²) in [6, 6.07) is 24.3. The highest BCUT2D eigenvalue weighted by Crippen LogP contribution is 2.51. The van der Waals surface area contributed by atoms with Crippen molar-refractivity contribution in [3.63, 3.8) is 0 Å². The second-order valence-corrected chi connectivity index (χ2v) is 8.42. The van der Waals surface area contributed by atoms with Crippen LogP contribution in [0.3, 0.4) is 0 Å². The van der Waals surface area contributed by atoms with Crippen LogP contribution in [0.25, 0.3) is 5.70 Å². The normalized spacial score (nSPS) is 18.8. The van der Waals surface area contributed by atoms with E-state index in [2.05, 4.69) is 10.3 Å². The van der Waals surface area contributed by atoms with Gasteiger partial charge in [-0.3, -0.25) is 0 Å². The highest BCUT2D eigenvalue weighted by Gasteiger charge is 2.42. The van der Waals surface area contributed by atoms with Crippen LogP contribution >= 0.6 is 11.8 Å². The van der Waals surface area contributed by atoms with Gasteiger partial charge in [-0.1, -0.05) is 72.4 Å². The van der Waals surface area contributed by atoms with E-state index in [4.69, 9.17) is 9.84 Å². The summed E-state index contributed by atoms with van der Waals surface area (Å²) in [6.07, 6.45) is 1.52. The Morgan fingerprint density at radius 2 is 1.72 bits per heavy atom. The Balaban J connectivity index is 1.66. The first kappa shape index (κ1) is 19.1. The molecule has 0 bridgehead atoms. The molecule has 6 rings (SSSR count). The summed E-state index contributed by atoms with van der Waals surface area (Å²) in [4.78, 5) is 4.64. The Morgan fingerprint density at radius 1 is 0.969 bits per heavy atom. The molecule has 0 spiro atoms. The smallest absolute Gasteiger partial charge is 0.227 e. The third-order valence-electron chi connectivity index (χ3n) is 5.84. The quantitative estimate of drug-likeness (QED) is 0.413. The molecular weight excluding hydrogens is 423 g/mol. The number of ether oxygens (including phenoxy) is 1. The zero-order valence-corrected chi connectivity index (χ0v) is 18.0. The molecule has 0 unspecified atom stereocenters. The number of para-hydroxylation sites is 1. The van der Waals surface area contributed by atoms with Gasteiger partial charge in [-0.2, -0.15) is 4.98 Å². The third-order valence-corrected chi connectivity index (χ3v) is 6.38. The standard InChI is InChI=1S/C25H19FN4OS/c1-32-25-28-24-27-21-17-12-6-8-14-19(17)31-23(15-9-3-2-4-10-15)20(21)22(30(24)29-25)16-11-5-7-13-18(16)26/h2-14,22-23H,1H3,(H,27,28,29)/t22-,23-/m1/s1. The summed E-state index contributed by atoms with van der Waals surface area (Å²) in [5.41, 5.74) is 4.25. The number of thioether (sulfide) groups is 1. The summed E-state index contributed by atoms with van der Waals surface area (Å²) in [5, 5.41) is 8.80. The van der Waals surface area contributed by atoms with Gasteiger partial charge in [-0.25, -0.2) is 9.07 Å². The number of hydrogen-bond donors (Lipinski definition) is 1. The molecule has 32 heavy (non-hydrogen) atoms. The monoisotopic (exact) mass is 442 g/mol. The Kier molecular flexibility index (Phi) is 4.50. The molecule has 158 valence electrons. The first-order valence-corrected chi connectivity index (χ1v) is 11.5. The van der Waals surface area contributed by atoms with Crippen molar-refractivity contribution in [3.8, 4) is 5.75 Å². The van der Waals surface area contributed by atoms with Gasteiger partial charge >= 0.3 is 0 Å². The largest absolute Gasteiger partial charge is 0.480 e. The molecule has 0 saturated carbocycles. The van der Waals surface area contributed by atoms with E-state index in [9.17, 15) is 0 Å². The molecule has 0 fully saturated rings. The number of nitrogens with one attached hydrogen (secondary N) is 1. The molecular formula is C25H19FN4OS. The minimum atomic E-state index is -0.505. The molecule has 2 aliphatic heterocycles. The Morgan fingerprint density at radius 3 is 2.53 bits per heavy atom. The number of anilines is 1. The van der Waals surface area contributed by atoms with Crippen LogP contribution in [0.1, 0.15) is 28.8 Å². The summed E-state index contributed by atoms with van der Waals surface area (Å²) in [6.45, 7) is 0. The van der Waals surface area contributed by atoms with Crippen LogP contribution in [0.2, 0.25) is 0 Å². The van der Waals surface area contributed by atoms with Gasteiger partial charge < -0.3 is 10.1 Å². The minimum Gasteiger partial charge on any atom is -0.480 e. The van der Waals surface area contributed by atoms with Gasteiger partial charge in [0.1, 0.15) is 23.7 Å². The maximum atomic E-state index is 15.2. The van der Waals surface area contributed by atoms with Crippen molar-refractivity contribution in [2.24, 2.45) is 0 Å². The van der Waals surface area contributed by atoms with Gasteiger partial charge in [0.05, 0.1) is 5.70 Å².